The smallest absolute Gasteiger partial charge is 0.284 e. The number of fused-ring (bicyclic) bond motifs is 1. The summed E-state index contributed by atoms with van der Waals surface area (Å²) in [6, 6.07) is 37.0. The van der Waals surface area contributed by atoms with Crippen molar-refractivity contribution in [3.63, 3.8) is 0 Å². The van der Waals surface area contributed by atoms with E-state index < -0.39 is 14.9 Å². The third-order valence-corrected chi connectivity index (χ3v) is 13.9. The SMILES string of the molecule is COc1cc(C(=O)N(C)c2ccc(C)cc2OCCCCCC(=O)N2CCN(C)CC2)ccc1C(=O)Nc1cccc2c1nc(C(C)(C)C)n2CO[Si](c1ccccc1)c1ccccc1. The van der Waals surface area contributed by atoms with E-state index in [-0.39, 0.29) is 35.3 Å². The van der Waals surface area contributed by atoms with Crippen LogP contribution in [-0.2, 0) is 21.4 Å². The van der Waals surface area contributed by atoms with Gasteiger partial charge in [-0.25, -0.2) is 4.98 Å². The minimum atomic E-state index is -1.60. The van der Waals surface area contributed by atoms with Crippen molar-refractivity contribution in [2.75, 3.05) is 64.2 Å². The molecule has 0 aliphatic carbocycles. The second kappa shape index (κ2) is 21.1. The second-order valence-electron chi connectivity index (χ2n) is 17.7. The molecule has 12 nitrogen and oxygen atoms in total. The van der Waals surface area contributed by atoms with Crippen LogP contribution < -0.4 is 30.1 Å². The first kappa shape index (κ1) is 46.7. The minimum absolute atomic E-state index is 0.223. The number of unbranched alkanes of at least 4 members (excludes halogenated alkanes) is 2. The number of methoxy groups -OCH3 is 1. The maximum absolute atomic E-state index is 14.1. The van der Waals surface area contributed by atoms with Gasteiger partial charge in [0, 0.05) is 50.6 Å². The molecule has 1 N–H and O–H groups in total. The zero-order valence-electron chi connectivity index (χ0n) is 38.7. The number of carbonyl (C=O) groups is 3. The van der Waals surface area contributed by atoms with Gasteiger partial charge in [0.1, 0.15) is 29.6 Å². The fourth-order valence-corrected chi connectivity index (χ4v) is 9.98. The van der Waals surface area contributed by atoms with Crippen LogP contribution in [0.5, 0.6) is 11.5 Å². The summed E-state index contributed by atoms with van der Waals surface area (Å²) in [7, 11) is 3.67. The lowest BCUT2D eigenvalue weighted by molar-refractivity contribution is -0.132. The highest BCUT2D eigenvalue weighted by Gasteiger charge is 2.28. The van der Waals surface area contributed by atoms with E-state index in [2.05, 4.69) is 66.9 Å². The van der Waals surface area contributed by atoms with Gasteiger partial charge in [-0.05, 0) is 91.6 Å². The van der Waals surface area contributed by atoms with Crippen molar-refractivity contribution in [2.24, 2.45) is 0 Å². The number of benzene rings is 5. The highest BCUT2D eigenvalue weighted by Crippen LogP contribution is 2.33. The van der Waals surface area contributed by atoms with E-state index in [0.29, 0.717) is 41.2 Å². The molecular formula is C52H61N6O6Si. The van der Waals surface area contributed by atoms with E-state index in [1.807, 2.05) is 84.6 Å². The van der Waals surface area contributed by atoms with E-state index in [1.165, 1.54) is 7.11 Å². The Hall–Kier alpha value is -6.28. The van der Waals surface area contributed by atoms with E-state index in [1.54, 1.807) is 30.1 Å². The average molecular weight is 894 g/mol. The van der Waals surface area contributed by atoms with Crippen LogP contribution in [0, 0.1) is 6.92 Å². The van der Waals surface area contributed by atoms with Crippen LogP contribution in [0.15, 0.2) is 115 Å². The Kier molecular flexibility index (Phi) is 15.2. The zero-order chi connectivity index (χ0) is 46.1. The Bertz CT molecular complexity index is 2550. The van der Waals surface area contributed by atoms with Crippen molar-refractivity contribution >= 4 is 59.5 Å². The van der Waals surface area contributed by atoms with Crippen LogP contribution in [0.4, 0.5) is 11.4 Å². The molecule has 1 aliphatic rings. The molecule has 1 saturated heterocycles. The maximum Gasteiger partial charge on any atom is 0.284 e. The summed E-state index contributed by atoms with van der Waals surface area (Å²) in [4.78, 5) is 51.6. The first-order chi connectivity index (χ1) is 31.3. The van der Waals surface area contributed by atoms with Crippen LogP contribution in [-0.4, -0.2) is 100 Å². The molecule has 3 amide bonds. The fourth-order valence-electron chi connectivity index (χ4n) is 8.06. The molecule has 1 radical (unpaired) electrons. The minimum Gasteiger partial charge on any atom is -0.496 e. The van der Waals surface area contributed by atoms with Crippen LogP contribution in [0.2, 0.25) is 0 Å². The van der Waals surface area contributed by atoms with E-state index in [9.17, 15) is 14.4 Å². The molecule has 0 spiro atoms. The quantitative estimate of drug-likeness (QED) is 0.0733. The predicted octanol–water partition coefficient (Wildman–Crippen LogP) is 7.67. The van der Waals surface area contributed by atoms with Crippen LogP contribution in [0.25, 0.3) is 11.0 Å². The topological polar surface area (TPSA) is 118 Å². The third-order valence-electron chi connectivity index (χ3n) is 11.7. The molecule has 1 fully saturated rings. The van der Waals surface area contributed by atoms with Gasteiger partial charge in [-0.1, -0.05) is 93.6 Å². The number of amides is 3. The summed E-state index contributed by atoms with van der Waals surface area (Å²) in [5, 5.41) is 5.37. The molecule has 7 rings (SSSR count). The summed E-state index contributed by atoms with van der Waals surface area (Å²) in [5.41, 5.74) is 3.92. The molecule has 339 valence electrons. The van der Waals surface area contributed by atoms with Gasteiger partial charge in [-0.3, -0.25) is 14.4 Å². The molecule has 13 heteroatoms. The number of piperazine rings is 1. The van der Waals surface area contributed by atoms with Crippen molar-refractivity contribution in [1.82, 2.24) is 19.4 Å². The van der Waals surface area contributed by atoms with E-state index in [4.69, 9.17) is 18.9 Å². The van der Waals surface area contributed by atoms with Crippen LogP contribution >= 0.6 is 0 Å². The molecule has 0 saturated carbocycles. The summed E-state index contributed by atoms with van der Waals surface area (Å²) in [5.74, 6) is 1.22. The molecule has 1 aliphatic heterocycles. The van der Waals surface area contributed by atoms with Gasteiger partial charge < -0.3 is 38.5 Å². The van der Waals surface area contributed by atoms with Crippen molar-refractivity contribution in [3.05, 3.63) is 138 Å². The van der Waals surface area contributed by atoms with Gasteiger partial charge >= 0.3 is 0 Å². The number of nitrogens with one attached hydrogen (secondary N) is 1. The van der Waals surface area contributed by atoms with Crippen LogP contribution in [0.3, 0.4) is 0 Å². The highest BCUT2D eigenvalue weighted by molar-refractivity contribution is 6.80. The van der Waals surface area contributed by atoms with Crippen molar-refractivity contribution < 1.29 is 28.3 Å². The number of hydrogen-bond acceptors (Lipinski definition) is 8. The molecule has 0 bridgehead atoms. The number of ether oxygens (including phenoxy) is 2. The van der Waals surface area contributed by atoms with Crippen LogP contribution in [0.1, 0.15) is 78.6 Å². The largest absolute Gasteiger partial charge is 0.496 e. The van der Waals surface area contributed by atoms with Gasteiger partial charge in [-0.2, -0.15) is 0 Å². The number of rotatable bonds is 17. The number of aromatic nitrogens is 2. The normalized spacial score (nSPS) is 13.3. The standard InChI is InChI=1S/C52H61N6O6Si/c1-37-25-28-43(46(34-37)63-33-16-10-15-24-47(59)57-31-29-55(5)30-32-57)56(6)50(61)38-26-27-41(45(35-38)62-7)49(60)53-42-22-17-23-44-48(42)54-51(52(2,3)4)58(44)36-64-65(39-18-11-8-12-19-39)40-20-13-9-14-21-40/h8-9,11-14,17-23,25-28,34-35H,10,15-16,24,29-33,36H2,1-7H3,(H,53,60). The lowest BCUT2D eigenvalue weighted by Crippen LogP contribution is -2.47. The summed E-state index contributed by atoms with van der Waals surface area (Å²) in [6.07, 6.45) is 3.01. The summed E-state index contributed by atoms with van der Waals surface area (Å²) < 4.78 is 20.9. The maximum atomic E-state index is 14.1. The number of carbonyl (C=O) groups excluding carboxylic acids is 3. The number of aryl methyl sites for hydroxylation is 1. The molecule has 6 aromatic rings. The number of likely N-dealkylation sites (N-methyl/N-ethyl adjacent to an activating group) is 1. The number of imidazole rings is 1. The molecular weight excluding hydrogens is 833 g/mol. The van der Waals surface area contributed by atoms with Gasteiger partial charge in [0.05, 0.1) is 36.2 Å². The van der Waals surface area contributed by atoms with Crippen molar-refractivity contribution in [2.45, 2.75) is 65.5 Å². The van der Waals surface area contributed by atoms with Gasteiger partial charge in [0.25, 0.3) is 20.9 Å². The number of hydrogen-bond donors (Lipinski definition) is 1. The number of anilines is 2. The molecule has 1 aromatic heterocycles. The Labute approximate surface area is 384 Å². The Balaban J connectivity index is 1.03. The first-order valence-corrected chi connectivity index (χ1v) is 23.8. The molecule has 0 atom stereocenters. The number of para-hydroxylation sites is 1. The average Bonchev–Trinajstić information content (AvgIpc) is 3.70. The summed E-state index contributed by atoms with van der Waals surface area (Å²) in [6.45, 7) is 12.5. The lowest BCUT2D eigenvalue weighted by Gasteiger charge is -2.32. The predicted molar refractivity (Wildman–Crippen MR) is 260 cm³/mol. The second-order valence-corrected chi connectivity index (χ2v) is 19.8. The summed E-state index contributed by atoms with van der Waals surface area (Å²) >= 11 is 0. The zero-order valence-corrected chi connectivity index (χ0v) is 39.7. The Morgan fingerprint density at radius 2 is 1.49 bits per heavy atom. The number of nitrogens with zero attached hydrogens (tertiary/aromatic N) is 5. The Morgan fingerprint density at radius 3 is 2.15 bits per heavy atom. The highest BCUT2D eigenvalue weighted by atomic mass is 28.3. The van der Waals surface area contributed by atoms with E-state index >= 15 is 0 Å². The first-order valence-electron chi connectivity index (χ1n) is 22.4. The van der Waals surface area contributed by atoms with E-state index in [0.717, 1.165) is 72.7 Å². The van der Waals surface area contributed by atoms with Crippen molar-refractivity contribution in [3.8, 4) is 11.5 Å². The lowest BCUT2D eigenvalue weighted by atomic mass is 9.96. The van der Waals surface area contributed by atoms with Gasteiger partial charge in [-0.15, -0.1) is 0 Å². The van der Waals surface area contributed by atoms with Crippen molar-refractivity contribution in [1.29, 1.82) is 0 Å². The fraction of sp³-hybridized carbons (Fsp3) is 0.346. The molecule has 0 unspecified atom stereocenters. The molecule has 5 aromatic carbocycles. The monoisotopic (exact) mass is 893 g/mol. The third kappa shape index (κ3) is 11.3. The Morgan fingerprint density at radius 1 is 0.800 bits per heavy atom. The van der Waals surface area contributed by atoms with Gasteiger partial charge in [0.2, 0.25) is 5.91 Å². The molecule has 65 heavy (non-hydrogen) atoms. The molecule has 2 heterocycles. The van der Waals surface area contributed by atoms with Gasteiger partial charge in [0.15, 0.2) is 0 Å².